The van der Waals surface area contributed by atoms with Gasteiger partial charge in [0.1, 0.15) is 23.3 Å². The summed E-state index contributed by atoms with van der Waals surface area (Å²) in [6, 6.07) is 8.00. The van der Waals surface area contributed by atoms with Gasteiger partial charge in [-0.3, -0.25) is 19.4 Å². The Morgan fingerprint density at radius 2 is 1.94 bits per heavy atom. The maximum atomic E-state index is 13.7. The number of nitrogens with zero attached hydrogens (tertiary/aromatic N) is 2. The Hall–Kier alpha value is -2.92. The number of carboxylic acids is 1. The maximum Gasteiger partial charge on any atom is 0.433 e. The lowest BCUT2D eigenvalue weighted by atomic mass is 10.1. The van der Waals surface area contributed by atoms with E-state index in [1.807, 2.05) is 0 Å². The molecule has 0 aliphatic rings. The summed E-state index contributed by atoms with van der Waals surface area (Å²) in [4.78, 5) is 32.7. The molecule has 192 valence electrons. The van der Waals surface area contributed by atoms with Crippen LogP contribution in [0, 0.1) is 10.1 Å². The Kier molecular flexibility index (Phi) is 10.7. The molecule has 1 aromatic carbocycles. The van der Waals surface area contributed by atoms with Gasteiger partial charge in [-0.15, -0.1) is 11.6 Å². The summed E-state index contributed by atoms with van der Waals surface area (Å²) in [6.07, 6.45) is 1.45. The zero-order valence-corrected chi connectivity index (χ0v) is 21.0. The van der Waals surface area contributed by atoms with Gasteiger partial charge in [0.2, 0.25) is 5.91 Å². The Balaban J connectivity index is 2.15. The molecule has 0 aliphatic heterocycles. The van der Waals surface area contributed by atoms with Gasteiger partial charge in [-0.25, -0.2) is 14.0 Å². The summed E-state index contributed by atoms with van der Waals surface area (Å²) in [5.41, 5.74) is 1.09. The summed E-state index contributed by atoms with van der Waals surface area (Å²) in [5.74, 6) is -1.46. The number of halogens is 1. The number of alkyl halides is 1. The molecular weight excluding hydrogens is 503 g/mol. The highest BCUT2D eigenvalue weighted by Gasteiger charge is 2.30. The predicted octanol–water partition coefficient (Wildman–Crippen LogP) is 4.01. The molecule has 14 heteroatoms. The molecule has 0 fully saturated rings. The van der Waals surface area contributed by atoms with Gasteiger partial charge in [-0.05, 0) is 43.7 Å². The van der Waals surface area contributed by atoms with Crippen LogP contribution in [0.2, 0.25) is 0 Å². The van der Waals surface area contributed by atoms with Crippen molar-refractivity contribution in [2.75, 3.05) is 24.6 Å². The number of unbranched alkanes of at least 4 members (excludes halogenated alkanes) is 1. The van der Waals surface area contributed by atoms with Crippen molar-refractivity contribution in [3.63, 3.8) is 0 Å². The molecule has 12 nitrogen and oxygen atoms in total. The monoisotopic (exact) mass is 530 g/mol. The first-order valence-electron chi connectivity index (χ1n) is 10.7. The molecule has 35 heavy (non-hydrogen) atoms. The van der Waals surface area contributed by atoms with Crippen LogP contribution in [0.3, 0.4) is 0 Å². The van der Waals surface area contributed by atoms with Gasteiger partial charge in [0.15, 0.2) is 0 Å². The van der Waals surface area contributed by atoms with Crippen molar-refractivity contribution in [3.05, 3.63) is 57.8 Å². The Morgan fingerprint density at radius 3 is 2.49 bits per heavy atom. The van der Waals surface area contributed by atoms with Crippen molar-refractivity contribution in [1.82, 2.24) is 9.99 Å². The largest absolute Gasteiger partial charge is 0.480 e. The third-order valence-corrected chi connectivity index (χ3v) is 7.25. The lowest BCUT2D eigenvalue weighted by molar-refractivity contribution is -0.402. The Bertz CT molecular complexity index is 1060. The molecule has 1 heterocycles. The quantitative estimate of drug-likeness (QED) is 0.101. The lowest BCUT2D eigenvalue weighted by Gasteiger charge is -2.28. The molecule has 0 bridgehead atoms. The van der Waals surface area contributed by atoms with Crippen LogP contribution in [0.25, 0.3) is 0 Å². The van der Waals surface area contributed by atoms with Crippen LogP contribution in [-0.2, 0) is 31.7 Å². The van der Waals surface area contributed by atoms with Crippen molar-refractivity contribution in [3.8, 4) is 0 Å². The van der Waals surface area contributed by atoms with Crippen LogP contribution in [0.5, 0.6) is 0 Å². The normalized spacial score (nSPS) is 13.7. The minimum Gasteiger partial charge on any atom is -0.480 e. The Labute approximate surface area is 207 Å². The van der Waals surface area contributed by atoms with E-state index in [0.717, 1.165) is 0 Å². The topological polar surface area (TPSA) is 164 Å². The molecule has 0 spiro atoms. The highest BCUT2D eigenvalue weighted by Crippen LogP contribution is 2.50. The summed E-state index contributed by atoms with van der Waals surface area (Å²) in [5, 5.41) is 25.4. The van der Waals surface area contributed by atoms with Gasteiger partial charge in [0.25, 0.3) is 0 Å². The second-order valence-electron chi connectivity index (χ2n) is 7.67. The molecule has 0 radical (unpaired) electrons. The number of carbonyl (C=O) groups is 2. The second kappa shape index (κ2) is 13.2. The first kappa shape index (κ1) is 28.3. The fourth-order valence-corrected chi connectivity index (χ4v) is 4.84. The van der Waals surface area contributed by atoms with Crippen molar-refractivity contribution in [1.29, 1.82) is 0 Å². The molecule has 2 atom stereocenters. The SMILES string of the molecule is CC(=O)N[C@@H](Cc1ccc(NP(=O)(OCc2ccc([N+](=O)[O-])o2)N(C)CCCCCl)cc1)C(=O)O. The summed E-state index contributed by atoms with van der Waals surface area (Å²) < 4.78 is 26.0. The molecule has 1 unspecified atom stereocenters. The molecule has 0 aliphatic carbocycles. The van der Waals surface area contributed by atoms with E-state index in [-0.39, 0.29) is 18.8 Å². The zero-order valence-electron chi connectivity index (χ0n) is 19.3. The number of nitrogens with one attached hydrogen (secondary N) is 2. The van der Waals surface area contributed by atoms with Gasteiger partial charge in [-0.1, -0.05) is 12.1 Å². The van der Waals surface area contributed by atoms with E-state index in [0.29, 0.717) is 36.5 Å². The average Bonchev–Trinajstić information content (AvgIpc) is 3.28. The van der Waals surface area contributed by atoms with Crippen molar-refractivity contribution >= 4 is 42.7 Å². The highest BCUT2D eigenvalue weighted by molar-refractivity contribution is 7.58. The number of anilines is 1. The van der Waals surface area contributed by atoms with Gasteiger partial charge in [0, 0.05) is 31.5 Å². The summed E-state index contributed by atoms with van der Waals surface area (Å²) in [7, 11) is -2.05. The smallest absolute Gasteiger partial charge is 0.433 e. The maximum absolute atomic E-state index is 13.7. The molecular formula is C21H28ClN4O8P. The van der Waals surface area contributed by atoms with Crippen molar-refractivity contribution in [2.24, 2.45) is 0 Å². The fourth-order valence-electron chi connectivity index (χ4n) is 3.04. The number of carboxylic acid groups (broad SMARTS) is 1. The second-order valence-corrected chi connectivity index (χ2v) is 10.3. The van der Waals surface area contributed by atoms with Crippen LogP contribution < -0.4 is 10.4 Å². The van der Waals surface area contributed by atoms with Gasteiger partial charge in [-0.2, -0.15) is 0 Å². The Morgan fingerprint density at radius 1 is 1.26 bits per heavy atom. The number of hydrogen-bond acceptors (Lipinski definition) is 7. The number of hydrogen-bond donors (Lipinski definition) is 3. The molecule has 0 saturated heterocycles. The van der Waals surface area contributed by atoms with E-state index >= 15 is 0 Å². The van der Waals surface area contributed by atoms with Crippen LogP contribution >= 0.6 is 19.3 Å². The van der Waals surface area contributed by atoms with E-state index in [9.17, 15) is 29.4 Å². The van der Waals surface area contributed by atoms with Crippen molar-refractivity contribution < 1.29 is 33.1 Å². The third-order valence-electron chi connectivity index (χ3n) is 4.86. The molecule has 0 saturated carbocycles. The van der Waals surface area contributed by atoms with Crippen LogP contribution in [0.4, 0.5) is 11.6 Å². The van der Waals surface area contributed by atoms with E-state index in [2.05, 4.69) is 10.4 Å². The number of carbonyl (C=O) groups excluding carboxylic acids is 1. The molecule has 3 N–H and O–H groups in total. The minimum absolute atomic E-state index is 0.0684. The van der Waals surface area contributed by atoms with Gasteiger partial charge < -0.3 is 19.9 Å². The predicted molar refractivity (Wildman–Crippen MR) is 129 cm³/mol. The summed E-state index contributed by atoms with van der Waals surface area (Å²) in [6.45, 7) is 1.38. The van der Waals surface area contributed by atoms with Crippen molar-refractivity contribution in [2.45, 2.75) is 38.8 Å². The number of benzene rings is 1. The average molecular weight is 531 g/mol. The standard InChI is InChI=1S/C21H28ClN4O8P/c1-15(27)23-19(21(28)29)13-16-5-7-17(8-6-16)24-35(32,25(2)12-4-3-11-22)33-14-18-9-10-20(34-18)26(30)31/h5-10,19H,3-4,11-14H2,1-2H3,(H,23,27)(H,24,32)(H,28,29)/t19-,35?/m0/s1. The summed E-state index contributed by atoms with van der Waals surface area (Å²) >= 11 is 5.73. The first-order valence-corrected chi connectivity index (χ1v) is 12.8. The number of aliphatic carboxylic acids is 1. The van der Waals surface area contributed by atoms with Crippen LogP contribution in [-0.4, -0.2) is 52.1 Å². The number of furan rings is 1. The van der Waals surface area contributed by atoms with Crippen LogP contribution in [0.1, 0.15) is 31.1 Å². The molecule has 2 rings (SSSR count). The lowest BCUT2D eigenvalue weighted by Crippen LogP contribution is -2.41. The zero-order chi connectivity index (χ0) is 26.0. The highest BCUT2D eigenvalue weighted by atomic mass is 35.5. The van der Waals surface area contributed by atoms with Gasteiger partial charge in [0.05, 0.1) is 6.07 Å². The van der Waals surface area contributed by atoms with Gasteiger partial charge >= 0.3 is 19.5 Å². The molecule has 2 aromatic rings. The van der Waals surface area contributed by atoms with E-state index in [4.69, 9.17) is 20.5 Å². The fraction of sp³-hybridized carbons (Fsp3) is 0.429. The number of amides is 1. The number of rotatable bonds is 15. The first-order chi connectivity index (χ1) is 16.5. The third kappa shape index (κ3) is 8.99. The molecule has 1 aromatic heterocycles. The number of nitro groups is 1. The van der Waals surface area contributed by atoms with E-state index in [1.165, 1.54) is 23.7 Å². The molecule has 1 amide bonds. The minimum atomic E-state index is -3.67. The van der Waals surface area contributed by atoms with E-state index < -0.39 is 36.4 Å². The van der Waals surface area contributed by atoms with Crippen LogP contribution in [0.15, 0.2) is 40.8 Å². The van der Waals surface area contributed by atoms with E-state index in [1.54, 1.807) is 31.3 Å².